The summed E-state index contributed by atoms with van der Waals surface area (Å²) in [5.41, 5.74) is -0.231. The Hall–Kier alpha value is -1.13. The standard InChI is InChI=1S/C6H6BF2NO/c1-11-5-2-3-6(7(8)9)10-4-5/h2-4H,1H3. The summed E-state index contributed by atoms with van der Waals surface area (Å²) in [7, 11) is -1.06. The molecule has 0 aliphatic rings. The Balaban J connectivity index is 2.83. The van der Waals surface area contributed by atoms with Crippen LogP contribution in [0.25, 0.3) is 0 Å². The van der Waals surface area contributed by atoms with Crippen LogP contribution >= 0.6 is 0 Å². The number of hydrogen-bond acceptors (Lipinski definition) is 2. The van der Waals surface area contributed by atoms with Crippen molar-refractivity contribution in [2.45, 2.75) is 0 Å². The highest BCUT2D eigenvalue weighted by Crippen LogP contribution is 2.03. The summed E-state index contributed by atoms with van der Waals surface area (Å²) in [5.74, 6) is 0.481. The third-order valence-electron chi connectivity index (χ3n) is 1.22. The maximum absolute atomic E-state index is 11.9. The molecule has 0 N–H and O–H groups in total. The fourth-order valence-electron chi connectivity index (χ4n) is 0.642. The van der Waals surface area contributed by atoms with E-state index in [1.54, 1.807) is 0 Å². The van der Waals surface area contributed by atoms with Crippen LogP contribution in [0.2, 0.25) is 0 Å². The van der Waals surface area contributed by atoms with E-state index in [4.69, 9.17) is 4.74 Å². The highest BCUT2D eigenvalue weighted by atomic mass is 19.2. The molecule has 1 aromatic heterocycles. The van der Waals surface area contributed by atoms with Crippen LogP contribution < -0.4 is 10.3 Å². The van der Waals surface area contributed by atoms with E-state index < -0.39 is 7.27 Å². The minimum absolute atomic E-state index is 0.231. The molecule has 0 saturated carbocycles. The molecule has 5 heteroatoms. The Bertz CT molecular complexity index is 227. The molecule has 0 bridgehead atoms. The van der Waals surface area contributed by atoms with Gasteiger partial charge >= 0.3 is 7.27 Å². The lowest BCUT2D eigenvalue weighted by atomic mass is 9.92. The Morgan fingerprint density at radius 3 is 2.55 bits per heavy atom. The number of methoxy groups -OCH3 is 1. The molecular formula is C6H6BF2NO. The number of nitrogens with zero attached hydrogens (tertiary/aromatic N) is 1. The zero-order chi connectivity index (χ0) is 8.27. The quantitative estimate of drug-likeness (QED) is 0.590. The van der Waals surface area contributed by atoms with Gasteiger partial charge in [-0.15, -0.1) is 0 Å². The van der Waals surface area contributed by atoms with Gasteiger partial charge in [0.1, 0.15) is 5.75 Å². The average molecular weight is 157 g/mol. The van der Waals surface area contributed by atoms with Gasteiger partial charge < -0.3 is 4.74 Å². The van der Waals surface area contributed by atoms with Crippen LogP contribution in [-0.2, 0) is 0 Å². The fraction of sp³-hybridized carbons (Fsp3) is 0.167. The summed E-state index contributed by atoms with van der Waals surface area (Å²) in [6.45, 7) is 0. The lowest BCUT2D eigenvalue weighted by Crippen LogP contribution is -2.23. The molecule has 0 aliphatic carbocycles. The number of pyridine rings is 1. The molecule has 0 unspecified atom stereocenters. The molecule has 0 fully saturated rings. The first-order chi connectivity index (χ1) is 5.24. The van der Waals surface area contributed by atoms with Gasteiger partial charge in [0, 0.05) is 0 Å². The molecule has 0 radical (unpaired) electrons. The monoisotopic (exact) mass is 157 g/mol. The van der Waals surface area contributed by atoms with Gasteiger partial charge in [-0.2, -0.15) is 0 Å². The maximum atomic E-state index is 11.9. The van der Waals surface area contributed by atoms with E-state index in [-0.39, 0.29) is 5.59 Å². The summed E-state index contributed by atoms with van der Waals surface area (Å²) >= 11 is 0. The highest BCUT2D eigenvalue weighted by molar-refractivity contribution is 6.58. The van der Waals surface area contributed by atoms with Gasteiger partial charge in [-0.1, -0.05) is 0 Å². The molecule has 0 saturated heterocycles. The van der Waals surface area contributed by atoms with Crippen molar-refractivity contribution in [3.63, 3.8) is 0 Å². The van der Waals surface area contributed by atoms with Gasteiger partial charge in [0.25, 0.3) is 0 Å². The summed E-state index contributed by atoms with van der Waals surface area (Å²) in [6, 6.07) is 2.69. The molecule has 58 valence electrons. The van der Waals surface area contributed by atoms with Crippen molar-refractivity contribution >= 4 is 12.9 Å². The summed E-state index contributed by atoms with van der Waals surface area (Å²) in [4.78, 5) is 3.47. The first-order valence-corrected chi connectivity index (χ1v) is 3.02. The zero-order valence-corrected chi connectivity index (χ0v) is 5.92. The third-order valence-corrected chi connectivity index (χ3v) is 1.22. The number of ether oxygens (including phenoxy) is 1. The maximum Gasteiger partial charge on any atom is 0.590 e. The van der Waals surface area contributed by atoms with Crippen molar-refractivity contribution in [1.82, 2.24) is 4.98 Å². The van der Waals surface area contributed by atoms with Gasteiger partial charge in [0.15, 0.2) is 0 Å². The van der Waals surface area contributed by atoms with Crippen LogP contribution in [0, 0.1) is 0 Å². The van der Waals surface area contributed by atoms with E-state index in [1.165, 1.54) is 25.4 Å². The minimum Gasteiger partial charge on any atom is -0.495 e. The van der Waals surface area contributed by atoms with E-state index in [0.717, 1.165) is 0 Å². The van der Waals surface area contributed by atoms with Gasteiger partial charge in [-0.05, 0) is 12.1 Å². The Morgan fingerprint density at radius 1 is 1.45 bits per heavy atom. The second kappa shape index (κ2) is 3.32. The summed E-state index contributed by atoms with van der Waals surface area (Å²) in [5, 5.41) is 0. The predicted octanol–water partition coefficient (Wildman–Crippen LogP) is 0.724. The van der Waals surface area contributed by atoms with Gasteiger partial charge in [-0.25, -0.2) is 0 Å². The Kier molecular flexibility index (Phi) is 2.41. The van der Waals surface area contributed by atoms with Crippen LogP contribution in [0.1, 0.15) is 0 Å². The van der Waals surface area contributed by atoms with Crippen molar-refractivity contribution in [1.29, 1.82) is 0 Å². The molecule has 2 nitrogen and oxygen atoms in total. The fourth-order valence-corrected chi connectivity index (χ4v) is 0.642. The molecule has 1 rings (SSSR count). The second-order valence-corrected chi connectivity index (χ2v) is 1.92. The van der Waals surface area contributed by atoms with Crippen molar-refractivity contribution in [2.75, 3.05) is 7.11 Å². The van der Waals surface area contributed by atoms with E-state index in [9.17, 15) is 8.63 Å². The SMILES string of the molecule is COc1ccc(B(F)F)nc1. The first-order valence-electron chi connectivity index (χ1n) is 3.02. The molecule has 1 heterocycles. The molecule has 1 aromatic rings. The van der Waals surface area contributed by atoms with E-state index in [2.05, 4.69) is 4.98 Å². The molecule has 0 spiro atoms. The topological polar surface area (TPSA) is 22.1 Å². The zero-order valence-electron chi connectivity index (χ0n) is 5.92. The number of aromatic nitrogens is 1. The Labute approximate surface area is 63.4 Å². The van der Waals surface area contributed by atoms with Gasteiger partial charge in [-0.3, -0.25) is 13.6 Å². The Morgan fingerprint density at radius 2 is 2.18 bits per heavy atom. The van der Waals surface area contributed by atoms with E-state index >= 15 is 0 Å². The predicted molar refractivity (Wildman–Crippen MR) is 38.4 cm³/mol. The lowest BCUT2D eigenvalue weighted by Gasteiger charge is -1.98. The van der Waals surface area contributed by atoms with Crippen molar-refractivity contribution < 1.29 is 13.4 Å². The molecule has 0 aliphatic heterocycles. The lowest BCUT2D eigenvalue weighted by molar-refractivity contribution is 0.413. The largest absolute Gasteiger partial charge is 0.590 e. The number of halogens is 2. The van der Waals surface area contributed by atoms with Crippen LogP contribution in [0.4, 0.5) is 8.63 Å². The highest BCUT2D eigenvalue weighted by Gasteiger charge is 2.16. The van der Waals surface area contributed by atoms with Crippen LogP contribution in [0.15, 0.2) is 18.3 Å². The summed E-state index contributed by atoms with van der Waals surface area (Å²) < 4.78 is 28.5. The number of hydrogen-bond donors (Lipinski definition) is 0. The second-order valence-electron chi connectivity index (χ2n) is 1.92. The summed E-state index contributed by atoms with van der Waals surface area (Å²) in [6.07, 6.45) is 1.27. The molecule has 0 aromatic carbocycles. The van der Waals surface area contributed by atoms with Crippen LogP contribution in [-0.4, -0.2) is 19.4 Å². The average Bonchev–Trinajstić information content (AvgIpc) is 2.05. The third kappa shape index (κ3) is 1.90. The van der Waals surface area contributed by atoms with E-state index in [1.807, 2.05) is 0 Å². The normalized spacial score (nSPS) is 9.36. The van der Waals surface area contributed by atoms with Crippen molar-refractivity contribution in [2.24, 2.45) is 0 Å². The molecule has 0 amide bonds. The minimum atomic E-state index is -2.51. The smallest absolute Gasteiger partial charge is 0.495 e. The van der Waals surface area contributed by atoms with Crippen LogP contribution in [0.5, 0.6) is 5.75 Å². The van der Waals surface area contributed by atoms with E-state index in [0.29, 0.717) is 5.75 Å². The molecule has 0 atom stereocenters. The molecule has 11 heavy (non-hydrogen) atoms. The van der Waals surface area contributed by atoms with Gasteiger partial charge in [0.05, 0.1) is 18.9 Å². The first kappa shape index (κ1) is 7.98. The molecular weight excluding hydrogens is 151 g/mol. The number of rotatable bonds is 2. The van der Waals surface area contributed by atoms with Crippen molar-refractivity contribution in [3.05, 3.63) is 18.3 Å². The van der Waals surface area contributed by atoms with Crippen molar-refractivity contribution in [3.8, 4) is 5.75 Å². The van der Waals surface area contributed by atoms with Gasteiger partial charge in [0.2, 0.25) is 0 Å². The van der Waals surface area contributed by atoms with Crippen LogP contribution in [0.3, 0.4) is 0 Å².